The van der Waals surface area contributed by atoms with E-state index in [1.54, 1.807) is 0 Å². The van der Waals surface area contributed by atoms with Crippen LogP contribution in [0.1, 0.15) is 32.6 Å². The Morgan fingerprint density at radius 3 is 2.69 bits per heavy atom. The SMILES string of the molecule is CCCCCNC(=O)CC1NC(=O)NC1=O. The molecule has 1 aliphatic rings. The van der Waals surface area contributed by atoms with Gasteiger partial charge < -0.3 is 10.6 Å². The van der Waals surface area contributed by atoms with Gasteiger partial charge in [0.1, 0.15) is 6.04 Å². The lowest BCUT2D eigenvalue weighted by atomic mass is 10.2. The largest absolute Gasteiger partial charge is 0.356 e. The Bertz CT molecular complexity index is 291. The minimum atomic E-state index is -0.723. The van der Waals surface area contributed by atoms with Gasteiger partial charge in [-0.25, -0.2) is 4.79 Å². The third-order valence-corrected chi connectivity index (χ3v) is 2.35. The quantitative estimate of drug-likeness (QED) is 0.437. The second-order valence-corrected chi connectivity index (χ2v) is 3.78. The lowest BCUT2D eigenvalue weighted by molar-refractivity contribution is -0.126. The number of hydrogen-bond donors (Lipinski definition) is 3. The topological polar surface area (TPSA) is 87.3 Å². The summed E-state index contributed by atoms with van der Waals surface area (Å²) in [7, 11) is 0. The van der Waals surface area contributed by atoms with Crippen molar-refractivity contribution in [1.82, 2.24) is 16.0 Å². The molecule has 0 aromatic carbocycles. The summed E-state index contributed by atoms with van der Waals surface area (Å²) in [5.41, 5.74) is 0. The van der Waals surface area contributed by atoms with Crippen LogP contribution in [-0.2, 0) is 9.59 Å². The Hall–Kier alpha value is -1.59. The van der Waals surface area contributed by atoms with Crippen molar-refractivity contribution < 1.29 is 14.4 Å². The molecule has 16 heavy (non-hydrogen) atoms. The van der Waals surface area contributed by atoms with Crippen molar-refractivity contribution >= 4 is 17.8 Å². The summed E-state index contributed by atoms with van der Waals surface area (Å²) < 4.78 is 0. The molecule has 0 radical (unpaired) electrons. The number of hydrogen-bond acceptors (Lipinski definition) is 3. The van der Waals surface area contributed by atoms with Crippen LogP contribution in [0.4, 0.5) is 4.79 Å². The first-order chi connectivity index (χ1) is 7.63. The van der Waals surface area contributed by atoms with Crippen molar-refractivity contribution in [3.63, 3.8) is 0 Å². The summed E-state index contributed by atoms with van der Waals surface area (Å²) in [5.74, 6) is -0.646. The molecule has 1 aliphatic heterocycles. The molecular formula is C10H17N3O3. The number of amides is 4. The highest BCUT2D eigenvalue weighted by Crippen LogP contribution is 1.99. The van der Waals surface area contributed by atoms with Gasteiger partial charge in [0.15, 0.2) is 0 Å². The highest BCUT2D eigenvalue weighted by Gasteiger charge is 2.30. The Balaban J connectivity index is 2.19. The van der Waals surface area contributed by atoms with Gasteiger partial charge >= 0.3 is 6.03 Å². The summed E-state index contributed by atoms with van der Waals surface area (Å²) >= 11 is 0. The minimum Gasteiger partial charge on any atom is -0.356 e. The van der Waals surface area contributed by atoms with Gasteiger partial charge in [0, 0.05) is 6.54 Å². The zero-order valence-corrected chi connectivity index (χ0v) is 9.34. The number of carbonyl (C=O) groups excluding carboxylic acids is 3. The van der Waals surface area contributed by atoms with Crippen molar-refractivity contribution in [2.24, 2.45) is 0 Å². The van der Waals surface area contributed by atoms with E-state index in [2.05, 4.69) is 22.9 Å². The number of urea groups is 1. The third-order valence-electron chi connectivity index (χ3n) is 2.35. The molecule has 1 heterocycles. The molecule has 1 rings (SSSR count). The number of nitrogens with one attached hydrogen (secondary N) is 3. The molecule has 6 nitrogen and oxygen atoms in total. The third kappa shape index (κ3) is 3.88. The molecule has 0 aliphatic carbocycles. The maximum absolute atomic E-state index is 11.4. The van der Waals surface area contributed by atoms with Crippen LogP contribution in [-0.4, -0.2) is 30.4 Å². The van der Waals surface area contributed by atoms with Gasteiger partial charge in [0.2, 0.25) is 5.91 Å². The van der Waals surface area contributed by atoms with Crippen LogP contribution in [0.2, 0.25) is 0 Å². The van der Waals surface area contributed by atoms with Crippen LogP contribution in [0.5, 0.6) is 0 Å². The predicted molar refractivity (Wildman–Crippen MR) is 57.6 cm³/mol. The average Bonchev–Trinajstić information content (AvgIpc) is 2.52. The highest BCUT2D eigenvalue weighted by molar-refractivity contribution is 6.05. The summed E-state index contributed by atoms with van der Waals surface area (Å²) in [5, 5.41) is 7.16. The second kappa shape index (κ2) is 6.09. The fraction of sp³-hybridized carbons (Fsp3) is 0.700. The fourth-order valence-electron chi connectivity index (χ4n) is 1.46. The Labute approximate surface area is 94.2 Å². The molecule has 1 unspecified atom stereocenters. The van der Waals surface area contributed by atoms with Crippen LogP contribution in [0.15, 0.2) is 0 Å². The van der Waals surface area contributed by atoms with Gasteiger partial charge in [-0.1, -0.05) is 19.8 Å². The molecule has 0 aromatic rings. The second-order valence-electron chi connectivity index (χ2n) is 3.78. The van der Waals surface area contributed by atoms with Gasteiger partial charge in [-0.3, -0.25) is 14.9 Å². The van der Waals surface area contributed by atoms with Gasteiger partial charge in [0.25, 0.3) is 5.91 Å². The molecule has 0 saturated carbocycles. The van der Waals surface area contributed by atoms with Crippen molar-refractivity contribution in [2.75, 3.05) is 6.54 Å². The van der Waals surface area contributed by atoms with E-state index < -0.39 is 18.0 Å². The van der Waals surface area contributed by atoms with Gasteiger partial charge in [0.05, 0.1) is 6.42 Å². The number of unbranched alkanes of at least 4 members (excludes halogenated alkanes) is 2. The lowest BCUT2D eigenvalue weighted by Gasteiger charge is -2.07. The molecule has 0 aromatic heterocycles. The van der Waals surface area contributed by atoms with Crippen molar-refractivity contribution in [2.45, 2.75) is 38.6 Å². The van der Waals surface area contributed by atoms with E-state index in [-0.39, 0.29) is 12.3 Å². The standard InChI is InChI=1S/C10H17N3O3/c1-2-3-4-5-11-8(14)6-7-9(15)13-10(16)12-7/h7H,2-6H2,1H3,(H,11,14)(H2,12,13,15,16). The number of rotatable bonds is 6. The molecule has 0 spiro atoms. The maximum Gasteiger partial charge on any atom is 0.322 e. The monoisotopic (exact) mass is 227 g/mol. The Kier molecular flexibility index (Phi) is 4.75. The van der Waals surface area contributed by atoms with Crippen molar-refractivity contribution in [1.29, 1.82) is 0 Å². The first kappa shape index (κ1) is 12.5. The minimum absolute atomic E-state index is 0.00367. The summed E-state index contributed by atoms with van der Waals surface area (Å²) in [4.78, 5) is 33.3. The van der Waals surface area contributed by atoms with Crippen molar-refractivity contribution in [3.8, 4) is 0 Å². The van der Waals surface area contributed by atoms with E-state index in [1.165, 1.54) is 0 Å². The molecule has 1 saturated heterocycles. The van der Waals surface area contributed by atoms with E-state index in [4.69, 9.17) is 0 Å². The molecular weight excluding hydrogens is 210 g/mol. The highest BCUT2D eigenvalue weighted by atomic mass is 16.2. The smallest absolute Gasteiger partial charge is 0.322 e. The van der Waals surface area contributed by atoms with Crippen LogP contribution in [0, 0.1) is 0 Å². The average molecular weight is 227 g/mol. The first-order valence-corrected chi connectivity index (χ1v) is 5.51. The van der Waals surface area contributed by atoms with Gasteiger partial charge in [-0.05, 0) is 6.42 Å². The van der Waals surface area contributed by atoms with Gasteiger partial charge in [-0.15, -0.1) is 0 Å². The van der Waals surface area contributed by atoms with Crippen molar-refractivity contribution in [3.05, 3.63) is 0 Å². The zero-order valence-electron chi connectivity index (χ0n) is 9.34. The number of imide groups is 1. The lowest BCUT2D eigenvalue weighted by Crippen LogP contribution is -2.36. The van der Waals surface area contributed by atoms with E-state index >= 15 is 0 Å². The van der Waals surface area contributed by atoms with Crippen LogP contribution in [0.3, 0.4) is 0 Å². The predicted octanol–water partition coefficient (Wildman–Crippen LogP) is -0.109. The molecule has 90 valence electrons. The van der Waals surface area contributed by atoms with E-state index in [0.29, 0.717) is 6.54 Å². The molecule has 1 fully saturated rings. The van der Waals surface area contributed by atoms with Crippen LogP contribution in [0.25, 0.3) is 0 Å². The Morgan fingerprint density at radius 1 is 1.38 bits per heavy atom. The summed E-state index contributed by atoms with van der Waals surface area (Å²) in [6, 6.07) is -1.26. The summed E-state index contributed by atoms with van der Waals surface area (Å²) in [6.07, 6.45) is 3.10. The van der Waals surface area contributed by atoms with E-state index in [0.717, 1.165) is 19.3 Å². The maximum atomic E-state index is 11.4. The molecule has 1 atom stereocenters. The summed E-state index contributed by atoms with van der Waals surface area (Å²) in [6.45, 7) is 2.70. The normalized spacial score (nSPS) is 19.2. The van der Waals surface area contributed by atoms with E-state index in [9.17, 15) is 14.4 Å². The zero-order chi connectivity index (χ0) is 12.0. The molecule has 4 amide bonds. The molecule has 3 N–H and O–H groups in total. The fourth-order valence-corrected chi connectivity index (χ4v) is 1.46. The van der Waals surface area contributed by atoms with E-state index in [1.807, 2.05) is 0 Å². The number of carbonyl (C=O) groups is 3. The molecule has 0 bridgehead atoms. The van der Waals surface area contributed by atoms with Crippen LogP contribution < -0.4 is 16.0 Å². The first-order valence-electron chi connectivity index (χ1n) is 5.51. The van der Waals surface area contributed by atoms with Crippen LogP contribution >= 0.6 is 0 Å². The Morgan fingerprint density at radius 2 is 2.12 bits per heavy atom. The molecule has 6 heteroatoms. The van der Waals surface area contributed by atoms with Gasteiger partial charge in [-0.2, -0.15) is 0 Å².